The molecule has 0 bridgehead atoms. The maximum Gasteiger partial charge on any atom is 0.415 e. The summed E-state index contributed by atoms with van der Waals surface area (Å²) in [5.74, 6) is -1.43. The number of amides is 2. The zero-order chi connectivity index (χ0) is 20.8. The summed E-state index contributed by atoms with van der Waals surface area (Å²) in [5, 5.41) is 9.39. The third-order valence-corrected chi connectivity index (χ3v) is 5.00. The molecule has 2 amide bonds. The van der Waals surface area contributed by atoms with Crippen molar-refractivity contribution in [3.05, 3.63) is 66.2 Å². The SMILES string of the molecule is CC(C(=O)N1CCC[C@H]1C(=O)O)N(C(=O)OCc1ccccc1)c1ccccc1. The summed E-state index contributed by atoms with van der Waals surface area (Å²) in [6.45, 7) is 2.03. The predicted octanol–water partition coefficient (Wildman–Crippen LogP) is 3.29. The Morgan fingerprint density at radius 2 is 1.72 bits per heavy atom. The number of benzene rings is 2. The summed E-state index contributed by atoms with van der Waals surface area (Å²) in [5.41, 5.74) is 1.34. The van der Waals surface area contributed by atoms with Gasteiger partial charge in [-0.05, 0) is 37.5 Å². The lowest BCUT2D eigenvalue weighted by atomic mass is 10.1. The summed E-state index contributed by atoms with van der Waals surface area (Å²) >= 11 is 0. The Labute approximate surface area is 169 Å². The normalized spacial score (nSPS) is 16.9. The van der Waals surface area contributed by atoms with Crippen LogP contribution in [0.1, 0.15) is 25.3 Å². The van der Waals surface area contributed by atoms with Crippen LogP contribution in [0.15, 0.2) is 60.7 Å². The minimum atomic E-state index is -1.03. The van der Waals surface area contributed by atoms with Gasteiger partial charge in [0.15, 0.2) is 0 Å². The van der Waals surface area contributed by atoms with E-state index in [-0.39, 0.29) is 6.61 Å². The van der Waals surface area contributed by atoms with E-state index in [4.69, 9.17) is 4.74 Å². The molecule has 2 aromatic carbocycles. The number of rotatable bonds is 6. The summed E-state index contributed by atoms with van der Waals surface area (Å²) in [4.78, 5) is 40.1. The smallest absolute Gasteiger partial charge is 0.415 e. The zero-order valence-corrected chi connectivity index (χ0v) is 16.2. The summed E-state index contributed by atoms with van der Waals surface area (Å²) < 4.78 is 5.45. The molecule has 3 rings (SSSR count). The Hall–Kier alpha value is -3.35. The monoisotopic (exact) mass is 396 g/mol. The van der Waals surface area contributed by atoms with Gasteiger partial charge in [0.25, 0.3) is 0 Å². The fraction of sp³-hybridized carbons (Fsp3) is 0.318. The lowest BCUT2D eigenvalue weighted by Gasteiger charge is -2.32. The average molecular weight is 396 g/mol. The van der Waals surface area contributed by atoms with Crippen molar-refractivity contribution >= 4 is 23.7 Å². The second kappa shape index (κ2) is 9.23. The molecule has 0 spiro atoms. The third kappa shape index (κ3) is 4.74. The van der Waals surface area contributed by atoms with E-state index in [2.05, 4.69) is 0 Å². The molecule has 1 heterocycles. The highest BCUT2D eigenvalue weighted by molar-refractivity contribution is 5.98. The van der Waals surface area contributed by atoms with Crippen molar-refractivity contribution in [2.45, 2.75) is 38.5 Å². The van der Waals surface area contributed by atoms with Crippen molar-refractivity contribution in [3.63, 3.8) is 0 Å². The van der Waals surface area contributed by atoms with E-state index < -0.39 is 30.1 Å². The van der Waals surface area contributed by atoms with Crippen molar-refractivity contribution in [2.75, 3.05) is 11.4 Å². The molecular weight excluding hydrogens is 372 g/mol. The number of anilines is 1. The fourth-order valence-corrected chi connectivity index (χ4v) is 3.50. The molecule has 1 aliphatic rings. The Bertz CT molecular complexity index is 856. The van der Waals surface area contributed by atoms with Crippen LogP contribution in [0.2, 0.25) is 0 Å². The first-order valence-corrected chi connectivity index (χ1v) is 9.57. The molecule has 1 N–H and O–H groups in total. The molecule has 0 radical (unpaired) electrons. The van der Waals surface area contributed by atoms with Crippen LogP contribution in [0.5, 0.6) is 0 Å². The van der Waals surface area contributed by atoms with E-state index in [0.29, 0.717) is 25.1 Å². The molecule has 0 aromatic heterocycles. The largest absolute Gasteiger partial charge is 0.480 e. The van der Waals surface area contributed by atoms with Crippen molar-refractivity contribution < 1.29 is 24.2 Å². The van der Waals surface area contributed by atoms with E-state index in [0.717, 1.165) is 5.56 Å². The Morgan fingerprint density at radius 3 is 2.34 bits per heavy atom. The molecule has 0 aliphatic carbocycles. The highest BCUT2D eigenvalue weighted by atomic mass is 16.6. The highest BCUT2D eigenvalue weighted by Gasteiger charge is 2.39. The number of carboxylic acids is 1. The van der Waals surface area contributed by atoms with Gasteiger partial charge in [-0.15, -0.1) is 0 Å². The first-order chi connectivity index (χ1) is 14.0. The van der Waals surface area contributed by atoms with Gasteiger partial charge in [0, 0.05) is 12.2 Å². The Balaban J connectivity index is 1.80. The zero-order valence-electron chi connectivity index (χ0n) is 16.2. The molecule has 0 saturated carbocycles. The minimum absolute atomic E-state index is 0.0748. The number of carbonyl (C=O) groups excluding carboxylic acids is 2. The number of likely N-dealkylation sites (tertiary alicyclic amines) is 1. The van der Waals surface area contributed by atoms with Crippen molar-refractivity contribution in [2.24, 2.45) is 0 Å². The van der Waals surface area contributed by atoms with Crippen LogP contribution in [0.25, 0.3) is 0 Å². The second-order valence-corrected chi connectivity index (χ2v) is 6.95. The first-order valence-electron chi connectivity index (χ1n) is 9.57. The number of carboxylic acid groups (broad SMARTS) is 1. The number of aliphatic carboxylic acids is 1. The molecule has 7 heteroatoms. The number of hydrogen-bond donors (Lipinski definition) is 1. The molecule has 7 nitrogen and oxygen atoms in total. The van der Waals surface area contributed by atoms with E-state index in [1.54, 1.807) is 31.2 Å². The maximum atomic E-state index is 13.1. The molecule has 29 heavy (non-hydrogen) atoms. The van der Waals surface area contributed by atoms with Gasteiger partial charge >= 0.3 is 12.1 Å². The van der Waals surface area contributed by atoms with Gasteiger partial charge in [0.05, 0.1) is 0 Å². The topological polar surface area (TPSA) is 87.2 Å². The average Bonchev–Trinajstić information content (AvgIpc) is 3.23. The molecule has 2 atom stereocenters. The highest BCUT2D eigenvalue weighted by Crippen LogP contribution is 2.24. The van der Waals surface area contributed by atoms with Gasteiger partial charge in [0.2, 0.25) is 5.91 Å². The second-order valence-electron chi connectivity index (χ2n) is 6.95. The number of nitrogens with zero attached hydrogens (tertiary/aromatic N) is 2. The number of hydrogen-bond acceptors (Lipinski definition) is 4. The fourth-order valence-electron chi connectivity index (χ4n) is 3.50. The van der Waals surface area contributed by atoms with Gasteiger partial charge in [0.1, 0.15) is 18.7 Å². The van der Waals surface area contributed by atoms with Gasteiger partial charge < -0.3 is 14.7 Å². The van der Waals surface area contributed by atoms with Gasteiger partial charge in [-0.3, -0.25) is 9.69 Å². The number of carbonyl (C=O) groups is 3. The summed E-state index contributed by atoms with van der Waals surface area (Å²) in [7, 11) is 0. The lowest BCUT2D eigenvalue weighted by molar-refractivity contribution is -0.148. The van der Waals surface area contributed by atoms with E-state index in [1.807, 2.05) is 36.4 Å². The summed E-state index contributed by atoms with van der Waals surface area (Å²) in [6, 6.07) is 16.3. The summed E-state index contributed by atoms with van der Waals surface area (Å²) in [6.07, 6.45) is 0.378. The predicted molar refractivity (Wildman–Crippen MR) is 107 cm³/mol. The quantitative estimate of drug-likeness (QED) is 0.810. The first kappa shape index (κ1) is 20.4. The number of ether oxygens (including phenoxy) is 1. The molecular formula is C22H24N2O5. The van der Waals surface area contributed by atoms with Crippen molar-refractivity contribution in [1.29, 1.82) is 0 Å². The van der Waals surface area contributed by atoms with E-state index in [1.165, 1.54) is 9.80 Å². The van der Waals surface area contributed by atoms with E-state index in [9.17, 15) is 19.5 Å². The molecule has 1 saturated heterocycles. The minimum Gasteiger partial charge on any atom is -0.480 e. The van der Waals surface area contributed by atoms with Crippen LogP contribution >= 0.6 is 0 Å². The third-order valence-electron chi connectivity index (χ3n) is 5.00. The Kier molecular flexibility index (Phi) is 6.49. The molecule has 1 fully saturated rings. The van der Waals surface area contributed by atoms with Crippen LogP contribution in [-0.4, -0.2) is 46.6 Å². The van der Waals surface area contributed by atoms with Crippen molar-refractivity contribution in [3.8, 4) is 0 Å². The van der Waals surface area contributed by atoms with Crippen LogP contribution in [0.3, 0.4) is 0 Å². The van der Waals surface area contributed by atoms with Crippen molar-refractivity contribution in [1.82, 2.24) is 4.90 Å². The molecule has 1 aliphatic heterocycles. The maximum absolute atomic E-state index is 13.1. The van der Waals surface area contributed by atoms with Crippen LogP contribution in [0.4, 0.5) is 10.5 Å². The molecule has 2 aromatic rings. The standard InChI is InChI=1S/C22H24N2O5/c1-16(20(25)23-14-8-13-19(23)21(26)27)24(18-11-6-3-7-12-18)22(28)29-15-17-9-4-2-5-10-17/h2-7,9-12,16,19H,8,13-15H2,1H3,(H,26,27)/t16?,19-/m0/s1. The van der Waals surface area contributed by atoms with Crippen LogP contribution in [0, 0.1) is 0 Å². The van der Waals surface area contributed by atoms with Crippen LogP contribution in [-0.2, 0) is 20.9 Å². The molecule has 152 valence electrons. The number of para-hydroxylation sites is 1. The van der Waals surface area contributed by atoms with Gasteiger partial charge in [-0.25, -0.2) is 9.59 Å². The van der Waals surface area contributed by atoms with Gasteiger partial charge in [-0.2, -0.15) is 0 Å². The lowest BCUT2D eigenvalue weighted by Crippen LogP contribution is -2.52. The van der Waals surface area contributed by atoms with Gasteiger partial charge in [-0.1, -0.05) is 48.5 Å². The Morgan fingerprint density at radius 1 is 1.10 bits per heavy atom. The van der Waals surface area contributed by atoms with Crippen LogP contribution < -0.4 is 4.90 Å². The molecule has 1 unspecified atom stereocenters. The van der Waals surface area contributed by atoms with E-state index >= 15 is 0 Å².